The topological polar surface area (TPSA) is 37.4 Å². The molecule has 2 aliphatic rings. The fourth-order valence-corrected chi connectivity index (χ4v) is 6.23. The van der Waals surface area contributed by atoms with Crippen LogP contribution in [0.15, 0.2) is 42.5 Å². The van der Waals surface area contributed by atoms with Crippen molar-refractivity contribution in [1.82, 2.24) is 4.90 Å². The Morgan fingerprint density at radius 3 is 2.36 bits per heavy atom. The molecule has 0 N–H and O–H groups in total. The molecule has 1 aromatic rings. The Morgan fingerprint density at radius 2 is 1.80 bits per heavy atom. The number of hydrogen-bond acceptors (Lipinski definition) is 3. The van der Waals surface area contributed by atoms with Crippen molar-refractivity contribution in [3.63, 3.8) is 0 Å². The van der Waals surface area contributed by atoms with Crippen LogP contribution >= 0.6 is 11.8 Å². The summed E-state index contributed by atoms with van der Waals surface area (Å²) in [5.74, 6) is 0.538. The molecular formula is C21H27NO2S. The van der Waals surface area contributed by atoms with Crippen LogP contribution in [0.25, 0.3) is 0 Å². The Hall–Kier alpha value is -1.55. The molecule has 0 radical (unpaired) electrons. The van der Waals surface area contributed by atoms with E-state index in [1.165, 1.54) is 11.8 Å². The van der Waals surface area contributed by atoms with Crippen molar-refractivity contribution in [2.75, 3.05) is 0 Å². The number of fused-ring (bicyclic) bond motifs is 2. The Labute approximate surface area is 154 Å². The van der Waals surface area contributed by atoms with Crippen LogP contribution in [0, 0.1) is 11.8 Å². The Bertz CT molecular complexity index is 662. The predicted molar refractivity (Wildman–Crippen MR) is 104 cm³/mol. The molecule has 0 spiro atoms. The van der Waals surface area contributed by atoms with Crippen LogP contribution in [-0.4, -0.2) is 33.3 Å². The quantitative estimate of drug-likeness (QED) is 0.556. The maximum Gasteiger partial charge on any atom is 0.283 e. The highest BCUT2D eigenvalue weighted by atomic mass is 32.2. The van der Waals surface area contributed by atoms with Gasteiger partial charge in [-0.05, 0) is 63.3 Å². The van der Waals surface area contributed by atoms with E-state index in [0.717, 1.165) is 18.3 Å². The van der Waals surface area contributed by atoms with Crippen LogP contribution in [0.2, 0.25) is 0 Å². The van der Waals surface area contributed by atoms with Gasteiger partial charge in [0.15, 0.2) is 0 Å². The number of benzene rings is 1. The van der Waals surface area contributed by atoms with Crippen molar-refractivity contribution in [2.24, 2.45) is 11.8 Å². The van der Waals surface area contributed by atoms with E-state index in [1.807, 2.05) is 50.8 Å². The SMILES string of the molecule is CC(C)N(C(=O)S[C@]1(C=O)[C@@H]2C=C[C@@H](C2)[C@@H]1c1ccccc1)C(C)C. The number of carbonyl (C=O) groups excluding carboxylic acids is 2. The molecule has 4 atom stereocenters. The summed E-state index contributed by atoms with van der Waals surface area (Å²) in [6, 6.07) is 10.4. The summed E-state index contributed by atoms with van der Waals surface area (Å²) < 4.78 is -0.695. The lowest BCUT2D eigenvalue weighted by atomic mass is 9.78. The molecule has 0 aliphatic heterocycles. The number of allylic oxidation sites excluding steroid dienone is 2. The maximum absolute atomic E-state index is 13.1. The van der Waals surface area contributed by atoms with Gasteiger partial charge in [-0.1, -0.05) is 42.5 Å². The molecule has 0 unspecified atom stereocenters. The van der Waals surface area contributed by atoms with Gasteiger partial charge >= 0.3 is 0 Å². The van der Waals surface area contributed by atoms with E-state index in [4.69, 9.17) is 0 Å². The molecule has 134 valence electrons. The summed E-state index contributed by atoms with van der Waals surface area (Å²) in [4.78, 5) is 27.4. The van der Waals surface area contributed by atoms with Gasteiger partial charge < -0.3 is 9.69 Å². The molecule has 3 nitrogen and oxygen atoms in total. The Morgan fingerprint density at radius 1 is 1.16 bits per heavy atom. The van der Waals surface area contributed by atoms with Gasteiger partial charge in [0.25, 0.3) is 5.24 Å². The number of nitrogens with zero attached hydrogens (tertiary/aromatic N) is 1. The molecule has 0 heterocycles. The molecule has 1 fully saturated rings. The van der Waals surface area contributed by atoms with Crippen molar-refractivity contribution >= 4 is 23.3 Å². The monoisotopic (exact) mass is 357 g/mol. The first-order valence-corrected chi connectivity index (χ1v) is 9.93. The molecule has 1 aromatic carbocycles. The average molecular weight is 358 g/mol. The van der Waals surface area contributed by atoms with E-state index < -0.39 is 4.75 Å². The lowest BCUT2D eigenvalue weighted by Gasteiger charge is -2.39. The van der Waals surface area contributed by atoms with Crippen LogP contribution in [0.5, 0.6) is 0 Å². The van der Waals surface area contributed by atoms with E-state index in [0.29, 0.717) is 5.92 Å². The van der Waals surface area contributed by atoms with E-state index in [9.17, 15) is 9.59 Å². The fraction of sp³-hybridized carbons (Fsp3) is 0.524. The van der Waals surface area contributed by atoms with Gasteiger partial charge in [-0.25, -0.2) is 0 Å². The van der Waals surface area contributed by atoms with E-state index in [2.05, 4.69) is 24.3 Å². The normalized spacial score (nSPS) is 30.2. The van der Waals surface area contributed by atoms with Crippen molar-refractivity contribution in [3.8, 4) is 0 Å². The zero-order chi connectivity index (χ0) is 18.2. The first-order chi connectivity index (χ1) is 11.9. The number of rotatable bonds is 5. The second-order valence-corrected chi connectivity index (χ2v) is 8.97. The molecule has 25 heavy (non-hydrogen) atoms. The molecule has 4 heteroatoms. The third kappa shape index (κ3) is 3.05. The first-order valence-electron chi connectivity index (χ1n) is 9.11. The molecule has 0 saturated heterocycles. The largest absolute Gasteiger partial charge is 0.329 e. The van der Waals surface area contributed by atoms with Gasteiger partial charge in [-0.15, -0.1) is 0 Å². The zero-order valence-electron chi connectivity index (χ0n) is 15.4. The molecule has 0 aromatic heterocycles. The highest BCUT2D eigenvalue weighted by Gasteiger charge is 2.58. The number of aldehydes is 1. The minimum Gasteiger partial charge on any atom is -0.329 e. The predicted octanol–water partition coefficient (Wildman–Crippen LogP) is 4.89. The van der Waals surface area contributed by atoms with E-state index >= 15 is 0 Å². The number of hydrogen-bond donors (Lipinski definition) is 0. The van der Waals surface area contributed by atoms with Crippen LogP contribution in [0.3, 0.4) is 0 Å². The Balaban J connectivity index is 1.96. The zero-order valence-corrected chi connectivity index (χ0v) is 16.2. The summed E-state index contributed by atoms with van der Waals surface area (Å²) in [7, 11) is 0. The van der Waals surface area contributed by atoms with E-state index in [-0.39, 0.29) is 29.2 Å². The lowest BCUT2D eigenvalue weighted by molar-refractivity contribution is -0.110. The molecule has 2 bridgehead atoms. The highest BCUT2D eigenvalue weighted by Crippen LogP contribution is 2.60. The van der Waals surface area contributed by atoms with Crippen molar-refractivity contribution in [1.29, 1.82) is 0 Å². The van der Waals surface area contributed by atoms with Crippen molar-refractivity contribution in [2.45, 2.75) is 56.9 Å². The van der Waals surface area contributed by atoms with Gasteiger partial charge in [0.1, 0.15) is 6.29 Å². The third-order valence-electron chi connectivity index (χ3n) is 5.54. The second-order valence-electron chi connectivity index (χ2n) is 7.71. The van der Waals surface area contributed by atoms with Crippen LogP contribution in [0.1, 0.15) is 45.6 Å². The van der Waals surface area contributed by atoms with Crippen molar-refractivity contribution < 1.29 is 9.59 Å². The van der Waals surface area contributed by atoms with Crippen LogP contribution < -0.4 is 0 Å². The van der Waals surface area contributed by atoms with Crippen molar-refractivity contribution in [3.05, 3.63) is 48.0 Å². The summed E-state index contributed by atoms with van der Waals surface area (Å²) >= 11 is 1.25. The highest BCUT2D eigenvalue weighted by molar-refractivity contribution is 8.15. The smallest absolute Gasteiger partial charge is 0.283 e. The van der Waals surface area contributed by atoms with Gasteiger partial charge in [-0.2, -0.15) is 0 Å². The molecular weight excluding hydrogens is 330 g/mol. The summed E-state index contributed by atoms with van der Waals surface area (Å²) in [6.07, 6.45) is 6.40. The Kier molecular flexibility index (Phi) is 5.10. The number of amides is 1. The minimum atomic E-state index is -0.695. The lowest BCUT2D eigenvalue weighted by Crippen LogP contribution is -2.46. The standard InChI is InChI=1S/C21H27NO2S/c1-14(2)22(15(3)4)20(24)25-21(13-23)18-11-10-17(12-18)19(21)16-8-6-5-7-9-16/h5-11,13-15,17-19H,12H2,1-4H3/t17-,18+,19-,21+/m0/s1. The molecule has 1 saturated carbocycles. The summed E-state index contributed by atoms with van der Waals surface area (Å²) in [5, 5.41) is 0.0129. The first kappa shape index (κ1) is 18.2. The van der Waals surface area contributed by atoms with Gasteiger partial charge in [-0.3, -0.25) is 4.79 Å². The van der Waals surface area contributed by atoms with Crippen LogP contribution in [-0.2, 0) is 4.79 Å². The van der Waals surface area contributed by atoms with Gasteiger partial charge in [0.2, 0.25) is 0 Å². The number of carbonyl (C=O) groups is 2. The summed E-state index contributed by atoms with van der Waals surface area (Å²) in [6.45, 7) is 8.12. The summed E-state index contributed by atoms with van der Waals surface area (Å²) in [5.41, 5.74) is 1.16. The van der Waals surface area contributed by atoms with E-state index in [1.54, 1.807) is 0 Å². The number of thioether (sulfide) groups is 1. The third-order valence-corrected chi connectivity index (χ3v) is 6.93. The fourth-order valence-electron chi connectivity index (χ4n) is 4.59. The second kappa shape index (κ2) is 6.99. The average Bonchev–Trinajstić information content (AvgIpc) is 3.14. The molecule has 2 aliphatic carbocycles. The molecule has 1 amide bonds. The molecule has 3 rings (SSSR count). The van der Waals surface area contributed by atoms with Gasteiger partial charge in [0.05, 0.1) is 4.75 Å². The van der Waals surface area contributed by atoms with Crippen LogP contribution in [0.4, 0.5) is 4.79 Å². The maximum atomic E-state index is 13.1. The minimum absolute atomic E-state index is 0.0129. The van der Waals surface area contributed by atoms with Gasteiger partial charge in [0, 0.05) is 18.0 Å².